The minimum atomic E-state index is 0.901. The van der Waals surface area contributed by atoms with Crippen molar-refractivity contribution in [2.24, 2.45) is 0 Å². The van der Waals surface area contributed by atoms with E-state index >= 15 is 0 Å². The Balaban J connectivity index is 1.08. The molecule has 2 heterocycles. The Morgan fingerprint density at radius 1 is 0.500 bits per heavy atom. The highest BCUT2D eigenvalue weighted by molar-refractivity contribution is 5.59. The molecule has 2 aromatic carbocycles. The molecule has 0 saturated heterocycles. The number of rotatable bonds is 11. The summed E-state index contributed by atoms with van der Waals surface area (Å²) in [5.41, 5.74) is 6.96. The van der Waals surface area contributed by atoms with Crippen molar-refractivity contribution in [2.75, 3.05) is 13.1 Å². The Labute approximate surface area is 190 Å². The van der Waals surface area contributed by atoms with E-state index in [-0.39, 0.29) is 0 Å². The van der Waals surface area contributed by atoms with Crippen molar-refractivity contribution in [3.05, 3.63) is 108 Å². The lowest BCUT2D eigenvalue weighted by atomic mass is 10.1. The minimum absolute atomic E-state index is 0.901. The summed E-state index contributed by atoms with van der Waals surface area (Å²) in [6, 6.07) is 29.3. The van der Waals surface area contributed by atoms with Crippen LogP contribution in [-0.4, -0.2) is 23.1 Å². The molecule has 4 aromatic rings. The van der Waals surface area contributed by atoms with Gasteiger partial charge in [0.15, 0.2) is 0 Å². The summed E-state index contributed by atoms with van der Waals surface area (Å²) in [4.78, 5) is 8.80. The SMILES string of the molecule is c1ccc(-c2ccc(CNCCCCNCc3ccc(-c4ccccn4)cc3)cc2)nc1. The van der Waals surface area contributed by atoms with E-state index in [4.69, 9.17) is 0 Å². The van der Waals surface area contributed by atoms with Crippen LogP contribution in [0.5, 0.6) is 0 Å². The number of pyridine rings is 2. The average molecular weight is 423 g/mol. The van der Waals surface area contributed by atoms with Crippen LogP contribution in [0.3, 0.4) is 0 Å². The predicted octanol–water partition coefficient (Wildman–Crippen LogP) is 5.47. The molecule has 0 fully saturated rings. The molecule has 2 N–H and O–H groups in total. The van der Waals surface area contributed by atoms with Crippen molar-refractivity contribution in [3.63, 3.8) is 0 Å². The third kappa shape index (κ3) is 6.58. The first-order chi connectivity index (χ1) is 15.9. The fraction of sp³-hybridized carbons (Fsp3) is 0.214. The van der Waals surface area contributed by atoms with Crippen LogP contribution >= 0.6 is 0 Å². The van der Waals surface area contributed by atoms with Gasteiger partial charge < -0.3 is 10.6 Å². The van der Waals surface area contributed by atoms with Crippen molar-refractivity contribution < 1.29 is 0 Å². The van der Waals surface area contributed by atoms with Gasteiger partial charge in [-0.2, -0.15) is 0 Å². The number of nitrogens with one attached hydrogen (secondary N) is 2. The quantitative estimate of drug-likeness (QED) is 0.315. The van der Waals surface area contributed by atoms with Gasteiger partial charge in [0.25, 0.3) is 0 Å². The number of nitrogens with zero attached hydrogens (tertiary/aromatic N) is 2. The molecule has 0 saturated carbocycles. The molecule has 4 heteroatoms. The van der Waals surface area contributed by atoms with Gasteiger partial charge in [-0.3, -0.25) is 9.97 Å². The zero-order chi connectivity index (χ0) is 21.8. The van der Waals surface area contributed by atoms with E-state index in [2.05, 4.69) is 69.1 Å². The normalized spacial score (nSPS) is 10.9. The highest BCUT2D eigenvalue weighted by Crippen LogP contribution is 2.17. The number of benzene rings is 2. The molecule has 4 nitrogen and oxygen atoms in total. The van der Waals surface area contributed by atoms with Crippen LogP contribution in [0.15, 0.2) is 97.3 Å². The number of unbranched alkanes of at least 4 members (excludes halogenated alkanes) is 1. The fourth-order valence-electron chi connectivity index (χ4n) is 3.62. The molecule has 0 aliphatic carbocycles. The Morgan fingerprint density at radius 2 is 0.938 bits per heavy atom. The van der Waals surface area contributed by atoms with Crippen LogP contribution in [0.25, 0.3) is 22.5 Å². The number of aromatic nitrogens is 2. The molecule has 0 bridgehead atoms. The molecule has 0 unspecified atom stereocenters. The molecule has 4 rings (SSSR count). The molecule has 0 spiro atoms. The van der Waals surface area contributed by atoms with E-state index in [0.717, 1.165) is 61.5 Å². The maximum Gasteiger partial charge on any atom is 0.0701 e. The van der Waals surface area contributed by atoms with Crippen molar-refractivity contribution in [3.8, 4) is 22.5 Å². The van der Waals surface area contributed by atoms with Crippen LogP contribution in [0.2, 0.25) is 0 Å². The van der Waals surface area contributed by atoms with Crippen LogP contribution in [-0.2, 0) is 13.1 Å². The summed E-state index contributed by atoms with van der Waals surface area (Å²) in [5.74, 6) is 0. The van der Waals surface area contributed by atoms with Gasteiger partial charge in [0.2, 0.25) is 0 Å². The van der Waals surface area contributed by atoms with Gasteiger partial charge in [0.05, 0.1) is 11.4 Å². The lowest BCUT2D eigenvalue weighted by Crippen LogP contribution is -2.18. The van der Waals surface area contributed by atoms with Crippen LogP contribution in [0.4, 0.5) is 0 Å². The van der Waals surface area contributed by atoms with Gasteiger partial charge >= 0.3 is 0 Å². The maximum atomic E-state index is 4.40. The van der Waals surface area contributed by atoms with Crippen LogP contribution in [0, 0.1) is 0 Å². The van der Waals surface area contributed by atoms with Gasteiger partial charge in [-0.25, -0.2) is 0 Å². The van der Waals surface area contributed by atoms with E-state index in [0.29, 0.717) is 0 Å². The Kier molecular flexibility index (Phi) is 8.13. The van der Waals surface area contributed by atoms with E-state index in [9.17, 15) is 0 Å². The zero-order valence-electron chi connectivity index (χ0n) is 18.4. The molecule has 2 aromatic heterocycles. The van der Waals surface area contributed by atoms with Gasteiger partial charge in [-0.1, -0.05) is 60.7 Å². The second-order valence-corrected chi connectivity index (χ2v) is 7.88. The van der Waals surface area contributed by atoms with Crippen LogP contribution in [0.1, 0.15) is 24.0 Å². The summed E-state index contributed by atoms with van der Waals surface area (Å²) >= 11 is 0. The average Bonchev–Trinajstić information content (AvgIpc) is 2.87. The number of hydrogen-bond donors (Lipinski definition) is 2. The molecule has 0 atom stereocenters. The molecule has 162 valence electrons. The second kappa shape index (κ2) is 11.9. The summed E-state index contributed by atoms with van der Waals surface area (Å²) in [5, 5.41) is 7.08. The summed E-state index contributed by atoms with van der Waals surface area (Å²) in [6.07, 6.45) is 5.99. The molecule has 0 aliphatic heterocycles. The fourth-order valence-corrected chi connectivity index (χ4v) is 3.62. The third-order valence-corrected chi connectivity index (χ3v) is 5.44. The zero-order valence-corrected chi connectivity index (χ0v) is 18.4. The van der Waals surface area contributed by atoms with Crippen LogP contribution < -0.4 is 10.6 Å². The largest absolute Gasteiger partial charge is 0.313 e. The standard InChI is InChI=1S/C28H30N4/c1-3-19-31-27(7-1)25-13-9-23(10-14-25)21-29-17-5-6-18-30-22-24-11-15-26(16-12-24)28-8-2-4-20-32-28/h1-4,7-16,19-20,29-30H,5-6,17-18,21-22H2. The lowest BCUT2D eigenvalue weighted by Gasteiger charge is -2.08. The van der Waals surface area contributed by atoms with E-state index in [1.54, 1.807) is 0 Å². The van der Waals surface area contributed by atoms with E-state index < -0.39 is 0 Å². The van der Waals surface area contributed by atoms with E-state index in [1.807, 2.05) is 48.8 Å². The highest BCUT2D eigenvalue weighted by Gasteiger charge is 2.00. The van der Waals surface area contributed by atoms with E-state index in [1.165, 1.54) is 11.1 Å². The smallest absolute Gasteiger partial charge is 0.0701 e. The van der Waals surface area contributed by atoms with Gasteiger partial charge in [-0.15, -0.1) is 0 Å². The Morgan fingerprint density at radius 3 is 1.31 bits per heavy atom. The first-order valence-corrected chi connectivity index (χ1v) is 11.3. The molecular formula is C28H30N4. The third-order valence-electron chi connectivity index (χ3n) is 5.44. The highest BCUT2D eigenvalue weighted by atomic mass is 14.9. The van der Waals surface area contributed by atoms with Gasteiger partial charge in [0.1, 0.15) is 0 Å². The Hall–Kier alpha value is -3.34. The van der Waals surface area contributed by atoms with Gasteiger partial charge in [-0.05, 0) is 61.3 Å². The molecule has 0 radical (unpaired) electrons. The van der Waals surface area contributed by atoms with Crippen molar-refractivity contribution >= 4 is 0 Å². The molecule has 0 aliphatic rings. The Bertz CT molecular complexity index is 957. The molecule has 32 heavy (non-hydrogen) atoms. The first kappa shape index (κ1) is 21.9. The maximum absolute atomic E-state index is 4.40. The number of hydrogen-bond acceptors (Lipinski definition) is 4. The van der Waals surface area contributed by atoms with Gasteiger partial charge in [0, 0.05) is 36.6 Å². The minimum Gasteiger partial charge on any atom is -0.313 e. The lowest BCUT2D eigenvalue weighted by molar-refractivity contribution is 0.582. The summed E-state index contributed by atoms with van der Waals surface area (Å²) < 4.78 is 0. The summed E-state index contributed by atoms with van der Waals surface area (Å²) in [6.45, 7) is 3.86. The summed E-state index contributed by atoms with van der Waals surface area (Å²) in [7, 11) is 0. The predicted molar refractivity (Wildman–Crippen MR) is 132 cm³/mol. The topological polar surface area (TPSA) is 49.8 Å². The molecular weight excluding hydrogens is 392 g/mol. The first-order valence-electron chi connectivity index (χ1n) is 11.3. The molecule has 0 amide bonds. The monoisotopic (exact) mass is 422 g/mol. The van der Waals surface area contributed by atoms with Crippen molar-refractivity contribution in [1.29, 1.82) is 0 Å². The second-order valence-electron chi connectivity index (χ2n) is 7.88. The van der Waals surface area contributed by atoms with Crippen molar-refractivity contribution in [2.45, 2.75) is 25.9 Å². The van der Waals surface area contributed by atoms with Crippen molar-refractivity contribution in [1.82, 2.24) is 20.6 Å².